The molecule has 1 unspecified atom stereocenters. The van der Waals surface area contributed by atoms with Crippen LogP contribution in [0.4, 0.5) is 10.6 Å². The van der Waals surface area contributed by atoms with Crippen molar-refractivity contribution < 1.29 is 14.7 Å². The molecule has 8 nitrogen and oxygen atoms in total. The van der Waals surface area contributed by atoms with Gasteiger partial charge in [0, 0.05) is 17.0 Å². The topological polar surface area (TPSA) is 110 Å². The molecule has 1 atom stereocenters. The second-order valence-electron chi connectivity index (χ2n) is 12.0. The smallest absolute Gasteiger partial charge is 0.318 e. The van der Waals surface area contributed by atoms with Gasteiger partial charge in [-0.1, -0.05) is 27.7 Å². The van der Waals surface area contributed by atoms with Crippen LogP contribution in [0.25, 0.3) is 0 Å². The Hall–Kier alpha value is -1.74. The summed E-state index contributed by atoms with van der Waals surface area (Å²) < 4.78 is -0.301. The minimum atomic E-state index is -1.07. The van der Waals surface area contributed by atoms with Gasteiger partial charge >= 0.3 is 6.03 Å². The summed E-state index contributed by atoms with van der Waals surface area (Å²) in [7, 11) is -1.07. The van der Waals surface area contributed by atoms with E-state index in [9.17, 15) is 14.7 Å². The molecule has 1 aliphatic heterocycles. The lowest BCUT2D eigenvalue weighted by atomic mass is 9.79. The molecule has 1 aliphatic carbocycles. The lowest BCUT2D eigenvalue weighted by Crippen LogP contribution is -2.55. The summed E-state index contributed by atoms with van der Waals surface area (Å²) in [5, 5.41) is 23.6. The van der Waals surface area contributed by atoms with Gasteiger partial charge in [-0.15, -0.1) is 0 Å². The van der Waals surface area contributed by atoms with Gasteiger partial charge in [-0.3, -0.25) is 9.89 Å². The van der Waals surface area contributed by atoms with E-state index in [0.717, 1.165) is 30.5 Å². The number of carbonyl (C=O) groups is 2. The number of amides is 3. The van der Waals surface area contributed by atoms with Gasteiger partial charge < -0.3 is 20.6 Å². The largest absolute Gasteiger partial charge is 0.396 e. The molecule has 2 aliphatic rings. The van der Waals surface area contributed by atoms with Crippen LogP contribution in [-0.4, -0.2) is 68.3 Å². The highest BCUT2D eigenvalue weighted by atomic mass is 32.3. The van der Waals surface area contributed by atoms with Gasteiger partial charge in [-0.2, -0.15) is 5.10 Å². The van der Waals surface area contributed by atoms with Crippen molar-refractivity contribution in [3.8, 4) is 0 Å². The van der Waals surface area contributed by atoms with E-state index >= 15 is 0 Å². The number of nitrogens with zero attached hydrogens (tertiary/aromatic N) is 2. The molecular weight excluding hydrogens is 438 g/mol. The molecule has 3 amide bonds. The zero-order valence-electron chi connectivity index (χ0n) is 21.8. The van der Waals surface area contributed by atoms with Gasteiger partial charge in [0.2, 0.25) is 5.91 Å². The molecule has 1 fully saturated rings. The van der Waals surface area contributed by atoms with Crippen LogP contribution in [-0.2, 0) is 16.9 Å². The third kappa shape index (κ3) is 4.27. The molecular formula is C24H43N5O3S. The molecule has 33 heavy (non-hydrogen) atoms. The average Bonchev–Trinajstić information content (AvgIpc) is 3.15. The van der Waals surface area contributed by atoms with E-state index in [1.807, 2.05) is 41.5 Å². The van der Waals surface area contributed by atoms with E-state index in [-0.39, 0.29) is 35.3 Å². The first-order valence-corrected chi connectivity index (χ1v) is 14.7. The summed E-state index contributed by atoms with van der Waals surface area (Å²) in [4.78, 5) is 28.5. The number of urea groups is 1. The third-order valence-electron chi connectivity index (χ3n) is 7.89. The first-order valence-electron chi connectivity index (χ1n) is 11.8. The molecule has 3 rings (SSSR count). The molecule has 9 heteroatoms. The van der Waals surface area contributed by atoms with Crippen LogP contribution in [0.15, 0.2) is 0 Å². The molecule has 0 spiro atoms. The Balaban J connectivity index is 1.81. The number of aromatic amines is 1. The van der Waals surface area contributed by atoms with E-state index in [0.29, 0.717) is 12.4 Å². The maximum atomic E-state index is 13.4. The molecule has 0 bridgehead atoms. The van der Waals surface area contributed by atoms with Crippen molar-refractivity contribution >= 4 is 27.8 Å². The van der Waals surface area contributed by atoms with Crippen molar-refractivity contribution in [2.45, 2.75) is 83.7 Å². The Morgan fingerprint density at radius 3 is 2.30 bits per heavy atom. The van der Waals surface area contributed by atoms with Gasteiger partial charge in [-0.25, -0.2) is 14.8 Å². The Morgan fingerprint density at radius 2 is 1.85 bits per heavy atom. The number of carbonyl (C=O) groups excluding carboxylic acids is 2. The summed E-state index contributed by atoms with van der Waals surface area (Å²) >= 11 is 0. The fourth-order valence-electron chi connectivity index (χ4n) is 5.36. The monoisotopic (exact) mass is 481 g/mol. The highest BCUT2D eigenvalue weighted by Gasteiger charge is 2.51. The van der Waals surface area contributed by atoms with Crippen LogP contribution in [0.5, 0.6) is 0 Å². The zero-order chi connectivity index (χ0) is 25.0. The molecule has 0 aromatic carbocycles. The number of fused-ring (bicyclic) bond motifs is 1. The number of nitrogens with one attached hydrogen (secondary N) is 3. The zero-order valence-corrected chi connectivity index (χ0v) is 22.6. The minimum Gasteiger partial charge on any atom is -0.396 e. The number of H-pyrrole nitrogens is 1. The predicted octanol–water partition coefficient (Wildman–Crippen LogP) is 3.77. The maximum Gasteiger partial charge on any atom is 0.318 e. The number of rotatable bonds is 7. The van der Waals surface area contributed by atoms with Crippen molar-refractivity contribution in [3.05, 3.63) is 11.3 Å². The molecule has 0 radical (unpaired) electrons. The molecule has 0 saturated heterocycles. The van der Waals surface area contributed by atoms with Crippen LogP contribution in [0, 0.1) is 11.3 Å². The summed E-state index contributed by atoms with van der Waals surface area (Å²) in [5.41, 5.74) is 0.657. The Morgan fingerprint density at radius 1 is 1.24 bits per heavy atom. The van der Waals surface area contributed by atoms with Crippen LogP contribution in [0.3, 0.4) is 0 Å². The lowest BCUT2D eigenvalue weighted by Gasteiger charge is -2.53. The highest BCUT2D eigenvalue weighted by Crippen LogP contribution is 2.60. The number of aliphatic hydroxyl groups is 1. The van der Waals surface area contributed by atoms with Crippen molar-refractivity contribution in [2.24, 2.45) is 11.3 Å². The number of aliphatic hydroxyl groups excluding tert-OH is 1. The van der Waals surface area contributed by atoms with E-state index in [4.69, 9.17) is 0 Å². The summed E-state index contributed by atoms with van der Waals surface area (Å²) in [6.45, 7) is 12.3. The first-order chi connectivity index (χ1) is 15.1. The van der Waals surface area contributed by atoms with Gasteiger partial charge in [0.05, 0.1) is 29.1 Å². The predicted molar refractivity (Wildman–Crippen MR) is 136 cm³/mol. The Bertz CT molecular complexity index is 912. The van der Waals surface area contributed by atoms with Crippen LogP contribution < -0.4 is 10.6 Å². The molecule has 4 N–H and O–H groups in total. The second-order valence-corrected chi connectivity index (χ2v) is 16.5. The van der Waals surface area contributed by atoms with Crippen LogP contribution in [0.1, 0.15) is 72.1 Å². The number of hydrogen-bond acceptors (Lipinski definition) is 4. The Kier molecular flexibility index (Phi) is 6.65. The number of aromatic nitrogens is 2. The fourth-order valence-corrected chi connectivity index (χ4v) is 7.48. The molecule has 2 heterocycles. The van der Waals surface area contributed by atoms with E-state index < -0.39 is 21.0 Å². The SMILES string of the molecule is CC(C)C(NC(=O)N1Cc2c(NC(=O)C3(S(C)(C)C)CCC3)n[nH]c2C1(C)C)C(C)(C)CO. The van der Waals surface area contributed by atoms with E-state index in [1.165, 1.54) is 0 Å². The van der Waals surface area contributed by atoms with E-state index in [2.05, 4.69) is 39.6 Å². The Labute approximate surface area is 200 Å². The quantitative estimate of drug-likeness (QED) is 0.475. The summed E-state index contributed by atoms with van der Waals surface area (Å²) in [5.74, 6) is 0.745. The third-order valence-corrected chi connectivity index (χ3v) is 10.8. The van der Waals surface area contributed by atoms with E-state index in [1.54, 1.807) is 4.90 Å². The van der Waals surface area contributed by atoms with Crippen LogP contribution in [0.2, 0.25) is 0 Å². The van der Waals surface area contributed by atoms with Gasteiger partial charge in [0.1, 0.15) is 0 Å². The lowest BCUT2D eigenvalue weighted by molar-refractivity contribution is -0.120. The van der Waals surface area contributed by atoms with Crippen molar-refractivity contribution in [1.82, 2.24) is 20.4 Å². The van der Waals surface area contributed by atoms with Gasteiger partial charge in [0.15, 0.2) is 5.82 Å². The molecule has 1 saturated carbocycles. The number of hydrogen-bond donors (Lipinski definition) is 4. The van der Waals surface area contributed by atoms with Crippen molar-refractivity contribution in [3.63, 3.8) is 0 Å². The first kappa shape index (κ1) is 25.9. The molecule has 1 aromatic heterocycles. The summed E-state index contributed by atoms with van der Waals surface area (Å²) in [6.07, 6.45) is 9.53. The van der Waals surface area contributed by atoms with Crippen LogP contribution >= 0.6 is 10.0 Å². The van der Waals surface area contributed by atoms with Crippen molar-refractivity contribution in [2.75, 3.05) is 30.7 Å². The normalized spacial score (nSPS) is 20.8. The molecule has 188 valence electrons. The fraction of sp³-hybridized carbons (Fsp3) is 0.792. The van der Waals surface area contributed by atoms with Gasteiger partial charge in [0.25, 0.3) is 0 Å². The number of anilines is 1. The summed E-state index contributed by atoms with van der Waals surface area (Å²) in [6, 6.07) is -0.369. The highest BCUT2D eigenvalue weighted by molar-refractivity contribution is 8.33. The second kappa shape index (κ2) is 8.48. The minimum absolute atomic E-state index is 0.0177. The average molecular weight is 482 g/mol. The maximum absolute atomic E-state index is 13.4. The van der Waals surface area contributed by atoms with Gasteiger partial charge in [-0.05, 0) is 57.8 Å². The molecule has 1 aromatic rings. The van der Waals surface area contributed by atoms with Crippen molar-refractivity contribution in [1.29, 1.82) is 0 Å². The standard InChI is InChI=1S/C24H43N5O3S/c1-15(2)17(22(3,4)14-30)25-21(32)29-13-16-18(23(29,5)6)27-28-19(16)26-20(31)24(11-10-12-24)33(7,8)9/h15,17,30H,10-14H2,1-9H3,(H,25,32)(H2,26,27,28,31).